The van der Waals surface area contributed by atoms with Gasteiger partial charge in [-0.25, -0.2) is 4.39 Å². The van der Waals surface area contributed by atoms with Crippen molar-refractivity contribution < 1.29 is 9.18 Å². The van der Waals surface area contributed by atoms with Crippen LogP contribution in [-0.2, 0) is 10.3 Å². The molecule has 0 radical (unpaired) electrons. The van der Waals surface area contributed by atoms with Gasteiger partial charge >= 0.3 is 0 Å². The van der Waals surface area contributed by atoms with Gasteiger partial charge in [-0.2, -0.15) is 0 Å². The van der Waals surface area contributed by atoms with Crippen LogP contribution in [0.4, 0.5) is 10.1 Å². The lowest BCUT2D eigenvalue weighted by atomic mass is 9.79. The molecule has 1 aromatic carbocycles. The van der Waals surface area contributed by atoms with Crippen molar-refractivity contribution in [3.05, 3.63) is 59.7 Å². The quantitative estimate of drug-likeness (QED) is 0.730. The van der Waals surface area contributed by atoms with Crippen LogP contribution in [0.25, 0.3) is 0 Å². The highest BCUT2D eigenvalue weighted by Crippen LogP contribution is 2.41. The van der Waals surface area contributed by atoms with Gasteiger partial charge in [-0.15, -0.1) is 0 Å². The molecular formula is C19H22FN3O. The lowest BCUT2D eigenvalue weighted by molar-refractivity contribution is -0.105. The van der Waals surface area contributed by atoms with E-state index in [1.54, 1.807) is 18.3 Å². The summed E-state index contributed by atoms with van der Waals surface area (Å²) in [5.41, 5.74) is 1.70. The highest BCUT2D eigenvalue weighted by Gasteiger charge is 2.35. The molecular weight excluding hydrogens is 305 g/mol. The molecule has 126 valence electrons. The number of carbonyl (C=O) groups is 1. The Morgan fingerprint density at radius 3 is 2.79 bits per heavy atom. The molecule has 2 aromatic rings. The topological polar surface area (TPSA) is 54.0 Å². The average Bonchev–Trinajstić information content (AvgIpc) is 3.44. The van der Waals surface area contributed by atoms with Gasteiger partial charge in [0.1, 0.15) is 5.82 Å². The molecule has 0 spiro atoms. The normalized spacial score (nSPS) is 16.4. The Morgan fingerprint density at radius 2 is 2.17 bits per heavy atom. The maximum atomic E-state index is 13.9. The summed E-state index contributed by atoms with van der Waals surface area (Å²) in [5.74, 6) is 0.339. The van der Waals surface area contributed by atoms with Crippen LogP contribution in [-0.4, -0.2) is 18.4 Å². The number of nitrogens with zero attached hydrogens (tertiary/aromatic N) is 1. The van der Waals surface area contributed by atoms with Crippen LogP contribution >= 0.6 is 0 Å². The summed E-state index contributed by atoms with van der Waals surface area (Å²) in [6, 6.07) is 8.84. The van der Waals surface area contributed by atoms with Crippen LogP contribution in [0, 0.1) is 11.7 Å². The van der Waals surface area contributed by atoms with E-state index in [1.807, 2.05) is 25.4 Å². The lowest BCUT2D eigenvalue weighted by Crippen LogP contribution is -2.41. The van der Waals surface area contributed by atoms with E-state index < -0.39 is 11.4 Å². The average molecular weight is 327 g/mol. The van der Waals surface area contributed by atoms with Crippen molar-refractivity contribution in [1.29, 1.82) is 0 Å². The number of halogens is 1. The molecule has 0 bridgehead atoms. The van der Waals surface area contributed by atoms with E-state index in [0.29, 0.717) is 6.41 Å². The van der Waals surface area contributed by atoms with Crippen molar-refractivity contribution in [3.63, 3.8) is 0 Å². The second-order valence-corrected chi connectivity index (χ2v) is 6.34. The first-order valence-electron chi connectivity index (χ1n) is 8.29. The zero-order valence-electron chi connectivity index (χ0n) is 13.8. The molecule has 0 aliphatic heterocycles. The Balaban J connectivity index is 2.05. The zero-order valence-corrected chi connectivity index (χ0v) is 13.8. The van der Waals surface area contributed by atoms with Gasteiger partial charge in [0.25, 0.3) is 0 Å². The summed E-state index contributed by atoms with van der Waals surface area (Å²) in [7, 11) is 1.91. The maximum Gasteiger partial charge on any atom is 0.211 e. The minimum absolute atomic E-state index is 0.192. The molecule has 1 saturated carbocycles. The number of nitrogens with one attached hydrogen (secondary N) is 2. The largest absolute Gasteiger partial charge is 0.326 e. The van der Waals surface area contributed by atoms with E-state index in [-0.39, 0.29) is 5.69 Å². The van der Waals surface area contributed by atoms with Crippen LogP contribution in [0.2, 0.25) is 0 Å². The van der Waals surface area contributed by atoms with Crippen molar-refractivity contribution in [2.75, 3.05) is 12.4 Å². The molecule has 3 rings (SSSR count). The number of anilines is 1. The van der Waals surface area contributed by atoms with Gasteiger partial charge in [0.2, 0.25) is 6.41 Å². The SMILES string of the molecule is CNC(CCC1CC1)(c1cccnc1)c1ccc(F)c(NC=O)c1. The molecule has 1 atom stereocenters. The fourth-order valence-corrected chi connectivity index (χ4v) is 3.28. The molecule has 1 aliphatic rings. The molecule has 5 heteroatoms. The van der Waals surface area contributed by atoms with Crippen molar-refractivity contribution in [1.82, 2.24) is 10.3 Å². The molecule has 1 fully saturated rings. The first-order valence-corrected chi connectivity index (χ1v) is 8.29. The molecule has 1 heterocycles. The van der Waals surface area contributed by atoms with E-state index in [4.69, 9.17) is 0 Å². The number of hydrogen-bond donors (Lipinski definition) is 2. The zero-order chi connectivity index (χ0) is 17.0. The van der Waals surface area contributed by atoms with Gasteiger partial charge in [-0.3, -0.25) is 9.78 Å². The predicted molar refractivity (Wildman–Crippen MR) is 92.1 cm³/mol. The second kappa shape index (κ2) is 7.09. The minimum Gasteiger partial charge on any atom is -0.326 e. The van der Waals surface area contributed by atoms with Crippen molar-refractivity contribution >= 4 is 12.1 Å². The monoisotopic (exact) mass is 327 g/mol. The Bertz CT molecular complexity index is 703. The number of carbonyl (C=O) groups excluding carboxylic acids is 1. The lowest BCUT2D eigenvalue weighted by Gasteiger charge is -2.35. The second-order valence-electron chi connectivity index (χ2n) is 6.34. The van der Waals surface area contributed by atoms with E-state index >= 15 is 0 Å². The molecule has 1 aromatic heterocycles. The number of benzene rings is 1. The number of pyridine rings is 1. The summed E-state index contributed by atoms with van der Waals surface area (Å²) in [6.07, 6.45) is 8.66. The molecule has 24 heavy (non-hydrogen) atoms. The molecule has 4 nitrogen and oxygen atoms in total. The summed E-state index contributed by atoms with van der Waals surface area (Å²) in [6.45, 7) is 0. The van der Waals surface area contributed by atoms with E-state index in [2.05, 4.69) is 15.6 Å². The third-order valence-electron chi connectivity index (χ3n) is 4.88. The first-order chi connectivity index (χ1) is 11.7. The van der Waals surface area contributed by atoms with Gasteiger partial charge < -0.3 is 10.6 Å². The third kappa shape index (κ3) is 3.31. The van der Waals surface area contributed by atoms with Crippen LogP contribution in [0.5, 0.6) is 0 Å². The summed E-state index contributed by atoms with van der Waals surface area (Å²) >= 11 is 0. The van der Waals surface area contributed by atoms with Crippen LogP contribution < -0.4 is 10.6 Å². The Morgan fingerprint density at radius 1 is 1.33 bits per heavy atom. The van der Waals surface area contributed by atoms with Gasteiger partial charge in [0.15, 0.2) is 0 Å². The van der Waals surface area contributed by atoms with Crippen molar-refractivity contribution in [3.8, 4) is 0 Å². The summed E-state index contributed by atoms with van der Waals surface area (Å²) in [4.78, 5) is 15.0. The molecule has 2 N–H and O–H groups in total. The highest BCUT2D eigenvalue weighted by atomic mass is 19.1. The number of amides is 1. The highest BCUT2D eigenvalue weighted by molar-refractivity contribution is 5.72. The number of aromatic nitrogens is 1. The van der Waals surface area contributed by atoms with Gasteiger partial charge in [-0.1, -0.05) is 25.0 Å². The van der Waals surface area contributed by atoms with Crippen molar-refractivity contribution in [2.45, 2.75) is 31.2 Å². The van der Waals surface area contributed by atoms with Crippen LogP contribution in [0.3, 0.4) is 0 Å². The van der Waals surface area contributed by atoms with E-state index in [0.717, 1.165) is 29.9 Å². The molecule has 0 saturated heterocycles. The molecule has 1 unspecified atom stereocenters. The smallest absolute Gasteiger partial charge is 0.211 e. The standard InChI is InChI=1S/C19H22FN3O/c1-21-19(9-8-14-4-5-14,16-3-2-10-22-12-16)15-6-7-17(20)18(11-15)23-13-24/h2-3,6-7,10-14,21H,4-5,8-9H2,1H3,(H,23,24). The molecule has 1 aliphatic carbocycles. The molecule has 1 amide bonds. The fraction of sp³-hybridized carbons (Fsp3) is 0.368. The number of hydrogen-bond acceptors (Lipinski definition) is 3. The van der Waals surface area contributed by atoms with Crippen molar-refractivity contribution in [2.24, 2.45) is 5.92 Å². The Labute approximate surface area is 141 Å². The first kappa shape index (κ1) is 16.6. The minimum atomic E-state index is -0.454. The summed E-state index contributed by atoms with van der Waals surface area (Å²) in [5, 5.41) is 5.88. The fourth-order valence-electron chi connectivity index (χ4n) is 3.28. The van der Waals surface area contributed by atoms with Gasteiger partial charge in [-0.05, 0) is 55.1 Å². The predicted octanol–water partition coefficient (Wildman–Crippen LogP) is 3.44. The summed E-state index contributed by atoms with van der Waals surface area (Å²) < 4.78 is 13.9. The van der Waals surface area contributed by atoms with E-state index in [9.17, 15) is 9.18 Å². The maximum absolute atomic E-state index is 13.9. The number of rotatable bonds is 8. The Hall–Kier alpha value is -2.27. The van der Waals surface area contributed by atoms with Crippen LogP contribution in [0.15, 0.2) is 42.7 Å². The van der Waals surface area contributed by atoms with Gasteiger partial charge in [0.05, 0.1) is 11.2 Å². The Kier molecular flexibility index (Phi) is 4.90. The van der Waals surface area contributed by atoms with Crippen LogP contribution in [0.1, 0.15) is 36.8 Å². The van der Waals surface area contributed by atoms with E-state index in [1.165, 1.54) is 18.9 Å². The van der Waals surface area contributed by atoms with Gasteiger partial charge in [0, 0.05) is 12.4 Å². The third-order valence-corrected chi connectivity index (χ3v) is 4.88.